The lowest BCUT2D eigenvalue weighted by atomic mass is 9.79. The Morgan fingerprint density at radius 3 is 2.12 bits per heavy atom. The van der Waals surface area contributed by atoms with E-state index in [1.54, 1.807) is 24.3 Å². The van der Waals surface area contributed by atoms with Crippen molar-refractivity contribution in [3.05, 3.63) is 98.0 Å². The molecule has 230 valence electrons. The molecule has 10 heteroatoms. The van der Waals surface area contributed by atoms with E-state index >= 15 is 4.39 Å². The average molecular weight is 635 g/mol. The van der Waals surface area contributed by atoms with Crippen LogP contribution in [0, 0.1) is 11.6 Å². The fourth-order valence-corrected chi connectivity index (χ4v) is 5.99. The number of ether oxygens (including phenoxy) is 1. The molecule has 0 aromatic heterocycles. The Labute approximate surface area is 260 Å². The monoisotopic (exact) mass is 633 g/mol. The molecule has 3 aromatic rings. The lowest BCUT2D eigenvalue weighted by Crippen LogP contribution is -2.41. The van der Waals surface area contributed by atoms with Gasteiger partial charge in [-0.2, -0.15) is 0 Å². The summed E-state index contributed by atoms with van der Waals surface area (Å²) >= 11 is 12.2. The zero-order chi connectivity index (χ0) is 31.5. The van der Waals surface area contributed by atoms with Gasteiger partial charge in [0.15, 0.2) is 0 Å². The number of carboxylic acid groups (broad SMARTS) is 2. The summed E-state index contributed by atoms with van der Waals surface area (Å²) in [6.07, 6.45) is 3.87. The van der Waals surface area contributed by atoms with Crippen LogP contribution in [0.5, 0.6) is 5.75 Å². The topological polar surface area (TPSA) is 87.1 Å². The number of carbonyl (C=O) groups is 2. The maximum atomic E-state index is 15.5. The molecule has 0 radical (unpaired) electrons. The van der Waals surface area contributed by atoms with Gasteiger partial charge in [-0.3, -0.25) is 4.90 Å². The van der Waals surface area contributed by atoms with E-state index in [0.29, 0.717) is 40.4 Å². The maximum absolute atomic E-state index is 15.5. The number of piperidine rings is 1. The summed E-state index contributed by atoms with van der Waals surface area (Å²) in [7, 11) is 0. The van der Waals surface area contributed by atoms with Crippen LogP contribution in [0.2, 0.25) is 10.0 Å². The lowest BCUT2D eigenvalue weighted by Gasteiger charge is -2.35. The minimum Gasteiger partial charge on any atom is -0.489 e. The molecule has 1 aliphatic heterocycles. The Balaban J connectivity index is 0.000000359. The van der Waals surface area contributed by atoms with Gasteiger partial charge in [0, 0.05) is 23.1 Å². The number of halogens is 4. The van der Waals surface area contributed by atoms with Crippen molar-refractivity contribution in [2.75, 3.05) is 13.1 Å². The Kier molecular flexibility index (Phi) is 10.4. The Hall–Kier alpha value is -3.20. The molecule has 2 N–H and O–H groups in total. The summed E-state index contributed by atoms with van der Waals surface area (Å²) < 4.78 is 34.1. The number of hydrogen-bond acceptors (Lipinski definition) is 4. The van der Waals surface area contributed by atoms with Crippen LogP contribution in [-0.4, -0.2) is 46.2 Å². The Morgan fingerprint density at radius 2 is 1.58 bits per heavy atom. The molecule has 0 amide bonds. The second-order valence-electron chi connectivity index (χ2n) is 12.0. The summed E-state index contributed by atoms with van der Waals surface area (Å²) in [6, 6.07) is 12.0. The van der Waals surface area contributed by atoms with Gasteiger partial charge in [-0.05, 0) is 96.6 Å². The summed E-state index contributed by atoms with van der Waals surface area (Å²) in [6.45, 7) is 7.99. The molecule has 1 aliphatic carbocycles. The van der Waals surface area contributed by atoms with Crippen molar-refractivity contribution in [2.45, 2.75) is 70.4 Å². The molecule has 1 saturated carbocycles. The lowest BCUT2D eigenvalue weighted by molar-refractivity contribution is 0.0680. The first-order valence-electron chi connectivity index (χ1n) is 14.2. The average Bonchev–Trinajstić information content (AvgIpc) is 3.73. The number of likely N-dealkylation sites (tertiary alicyclic amines) is 1. The van der Waals surface area contributed by atoms with E-state index in [4.69, 9.17) is 33.0 Å². The van der Waals surface area contributed by atoms with Crippen LogP contribution in [0.25, 0.3) is 0 Å². The minimum atomic E-state index is -1.24. The third-order valence-electron chi connectivity index (χ3n) is 7.49. The highest BCUT2D eigenvalue weighted by Crippen LogP contribution is 2.46. The van der Waals surface area contributed by atoms with Gasteiger partial charge in [-0.25, -0.2) is 18.4 Å². The molecule has 0 bridgehead atoms. The zero-order valence-electron chi connectivity index (χ0n) is 24.3. The molecule has 1 heterocycles. The molecule has 5 rings (SSSR count). The van der Waals surface area contributed by atoms with Crippen molar-refractivity contribution < 1.29 is 33.3 Å². The second kappa shape index (κ2) is 13.6. The molecule has 1 saturated heterocycles. The molecule has 43 heavy (non-hydrogen) atoms. The highest BCUT2D eigenvalue weighted by molar-refractivity contribution is 6.34. The van der Waals surface area contributed by atoms with Gasteiger partial charge in [0.2, 0.25) is 0 Å². The summed E-state index contributed by atoms with van der Waals surface area (Å²) in [5.74, 6) is -2.80. The van der Waals surface area contributed by atoms with Gasteiger partial charge < -0.3 is 14.9 Å². The van der Waals surface area contributed by atoms with E-state index < -0.39 is 29.0 Å². The Morgan fingerprint density at radius 1 is 0.953 bits per heavy atom. The fourth-order valence-electron chi connectivity index (χ4n) is 5.48. The van der Waals surface area contributed by atoms with Crippen molar-refractivity contribution in [3.8, 4) is 5.75 Å². The summed E-state index contributed by atoms with van der Waals surface area (Å²) in [5.41, 5.74) is 1.43. The molecular weight excluding hydrogens is 599 g/mol. The first kappa shape index (κ1) is 32.7. The smallest absolute Gasteiger partial charge is 0.338 e. The van der Waals surface area contributed by atoms with Gasteiger partial charge in [-0.15, -0.1) is 0 Å². The van der Waals surface area contributed by atoms with Crippen LogP contribution in [0.4, 0.5) is 8.78 Å². The number of aromatic carboxylic acids is 2. The first-order valence-corrected chi connectivity index (χ1v) is 14.9. The highest BCUT2D eigenvalue weighted by atomic mass is 35.5. The number of hydrogen-bond donors (Lipinski definition) is 2. The third kappa shape index (κ3) is 8.46. The third-order valence-corrected chi connectivity index (χ3v) is 7.93. The van der Waals surface area contributed by atoms with Crippen LogP contribution in [0.15, 0.2) is 48.5 Å². The fraction of sp³-hybridized carbons (Fsp3) is 0.394. The van der Waals surface area contributed by atoms with Crippen molar-refractivity contribution in [3.63, 3.8) is 0 Å². The van der Waals surface area contributed by atoms with Gasteiger partial charge in [-0.1, -0.05) is 56.1 Å². The van der Waals surface area contributed by atoms with Crippen molar-refractivity contribution in [2.24, 2.45) is 0 Å². The van der Waals surface area contributed by atoms with E-state index in [9.17, 15) is 19.1 Å². The zero-order valence-corrected chi connectivity index (χ0v) is 25.8. The van der Waals surface area contributed by atoms with Crippen LogP contribution >= 0.6 is 23.2 Å². The Bertz CT molecular complexity index is 1480. The SMILES string of the molecule is CC(C)(C)c1c(F)c(C(=O)O)cc(C2CC2)c1CN1CCCC(Oc2cc(Cl)cc(Cl)c2)C1.O=C(O)c1ccccc1F. The predicted octanol–water partition coefficient (Wildman–Crippen LogP) is 8.57. The maximum Gasteiger partial charge on any atom is 0.338 e. The number of rotatable bonds is 7. The standard InChI is InChI=1S/C26H30Cl2FNO3.C7H5FO2/c1-26(2,3)23-22(20(15-6-7-15)12-21(24(23)29)25(31)32)14-30-8-4-5-18(13-30)33-19-10-16(27)9-17(28)11-19;8-6-4-2-1-3-5(6)7(9)10/h9-12,15,18H,4-8,13-14H2,1-3H3,(H,31,32);1-4H,(H,9,10). The summed E-state index contributed by atoms with van der Waals surface area (Å²) in [5, 5.41) is 19.0. The van der Waals surface area contributed by atoms with Gasteiger partial charge >= 0.3 is 11.9 Å². The van der Waals surface area contributed by atoms with Crippen LogP contribution in [-0.2, 0) is 12.0 Å². The van der Waals surface area contributed by atoms with Crippen LogP contribution in [0.1, 0.15) is 89.8 Å². The molecule has 1 unspecified atom stereocenters. The van der Waals surface area contributed by atoms with E-state index in [1.165, 1.54) is 18.2 Å². The normalized spacial score (nSPS) is 17.1. The molecule has 6 nitrogen and oxygen atoms in total. The predicted molar refractivity (Wildman–Crippen MR) is 163 cm³/mol. The second-order valence-corrected chi connectivity index (χ2v) is 12.9. The molecular formula is C33H35Cl2F2NO5. The number of nitrogens with zero attached hydrogens (tertiary/aromatic N) is 1. The van der Waals surface area contributed by atoms with E-state index in [-0.39, 0.29) is 17.2 Å². The summed E-state index contributed by atoms with van der Waals surface area (Å²) in [4.78, 5) is 24.2. The van der Waals surface area contributed by atoms with Gasteiger partial charge in [0.05, 0.1) is 11.1 Å². The van der Waals surface area contributed by atoms with E-state index in [0.717, 1.165) is 49.4 Å². The molecule has 1 atom stereocenters. The molecule has 3 aromatic carbocycles. The largest absolute Gasteiger partial charge is 0.489 e. The molecule has 2 aliphatic rings. The van der Waals surface area contributed by atoms with Crippen molar-refractivity contribution >= 4 is 35.1 Å². The minimum absolute atomic E-state index is 0.0288. The quantitative estimate of drug-likeness (QED) is 0.271. The highest BCUT2D eigenvalue weighted by Gasteiger charge is 2.35. The van der Waals surface area contributed by atoms with E-state index in [2.05, 4.69) is 4.90 Å². The van der Waals surface area contributed by atoms with E-state index in [1.807, 2.05) is 20.8 Å². The van der Waals surface area contributed by atoms with Crippen LogP contribution in [0.3, 0.4) is 0 Å². The number of benzene rings is 3. The van der Waals surface area contributed by atoms with Crippen molar-refractivity contribution in [1.82, 2.24) is 4.90 Å². The number of carboxylic acids is 2. The van der Waals surface area contributed by atoms with Gasteiger partial charge in [0.25, 0.3) is 0 Å². The van der Waals surface area contributed by atoms with Gasteiger partial charge in [0.1, 0.15) is 23.5 Å². The molecule has 0 spiro atoms. The molecule has 2 fully saturated rings. The van der Waals surface area contributed by atoms with Crippen LogP contribution < -0.4 is 4.74 Å². The first-order chi connectivity index (χ1) is 20.2. The van der Waals surface area contributed by atoms with Crippen molar-refractivity contribution in [1.29, 1.82) is 0 Å².